The fourth-order valence-corrected chi connectivity index (χ4v) is 7.28. The fraction of sp³-hybridized carbons (Fsp3) is 0.694. The van der Waals surface area contributed by atoms with Crippen molar-refractivity contribution in [2.24, 2.45) is 22.7 Å². The molecule has 2 heterocycles. The van der Waals surface area contributed by atoms with E-state index in [-0.39, 0.29) is 29.6 Å². The van der Waals surface area contributed by atoms with Gasteiger partial charge in [0.1, 0.15) is 23.7 Å². The van der Waals surface area contributed by atoms with E-state index in [0.717, 1.165) is 0 Å². The van der Waals surface area contributed by atoms with Crippen molar-refractivity contribution in [2.75, 3.05) is 27.2 Å². The van der Waals surface area contributed by atoms with Crippen LogP contribution in [0.4, 0.5) is 4.79 Å². The van der Waals surface area contributed by atoms with Crippen LogP contribution in [0, 0.1) is 22.7 Å². The van der Waals surface area contributed by atoms with Crippen molar-refractivity contribution >= 4 is 52.7 Å². The van der Waals surface area contributed by atoms with Gasteiger partial charge in [-0.1, -0.05) is 54.4 Å². The quantitative estimate of drug-likeness (QED) is 0.211. The average molecular weight is 733 g/mol. The van der Waals surface area contributed by atoms with Gasteiger partial charge >= 0.3 is 6.09 Å². The first-order valence-electron chi connectivity index (χ1n) is 17.5. The number of Topliss-reactive ketones (excluding diaryl/α,β-unsaturated/α-hetero) is 1. The summed E-state index contributed by atoms with van der Waals surface area (Å²) in [5.74, 6) is -4.18. The molecule has 1 aromatic rings. The van der Waals surface area contributed by atoms with E-state index in [1.54, 1.807) is 51.7 Å². The van der Waals surface area contributed by atoms with Crippen molar-refractivity contribution in [1.29, 1.82) is 0 Å². The Hall–Kier alpha value is -4.01. The Morgan fingerprint density at radius 3 is 2.20 bits per heavy atom. The van der Waals surface area contributed by atoms with Crippen LogP contribution in [0.25, 0.3) is 0 Å². The minimum Gasteiger partial charge on any atom is -0.444 e. The Morgan fingerprint density at radius 2 is 1.67 bits per heavy atom. The second-order valence-corrected chi connectivity index (χ2v) is 17.2. The molecule has 6 atom stereocenters. The van der Waals surface area contributed by atoms with Crippen molar-refractivity contribution in [3.8, 4) is 0 Å². The lowest BCUT2D eigenvalue weighted by atomic mass is 9.85. The summed E-state index contributed by atoms with van der Waals surface area (Å²) in [5, 5.41) is 13.9. The molecule has 3 rings (SSSR count). The minimum absolute atomic E-state index is 0.0308. The molecule has 0 radical (unpaired) electrons. The molecule has 4 N–H and O–H groups in total. The normalized spacial score (nSPS) is 20.9. The molecule has 1 saturated heterocycles. The van der Waals surface area contributed by atoms with Gasteiger partial charge in [-0.05, 0) is 72.2 Å². The van der Waals surface area contributed by atoms with Crippen LogP contribution < -0.4 is 21.3 Å². The van der Waals surface area contributed by atoms with Crippen LogP contribution in [-0.4, -0.2) is 102 Å². The lowest BCUT2D eigenvalue weighted by molar-refractivity contribution is -0.145. The van der Waals surface area contributed by atoms with Gasteiger partial charge in [0.05, 0.1) is 12.6 Å². The monoisotopic (exact) mass is 732 g/mol. The summed E-state index contributed by atoms with van der Waals surface area (Å²) in [6.45, 7) is 16.3. The molecule has 0 aromatic carbocycles. The maximum Gasteiger partial charge on any atom is 0.408 e. The lowest BCUT2D eigenvalue weighted by Gasteiger charge is -2.38. The summed E-state index contributed by atoms with van der Waals surface area (Å²) in [6.07, 6.45) is 0.623. The van der Waals surface area contributed by atoms with Crippen molar-refractivity contribution in [3.63, 3.8) is 0 Å². The average Bonchev–Trinajstić information content (AvgIpc) is 3.46. The number of amides is 6. The van der Waals surface area contributed by atoms with E-state index in [0.29, 0.717) is 24.9 Å². The molecule has 51 heavy (non-hydrogen) atoms. The van der Waals surface area contributed by atoms with Crippen molar-refractivity contribution < 1.29 is 38.3 Å². The zero-order valence-corrected chi connectivity index (χ0v) is 32.6. The maximum absolute atomic E-state index is 14.1. The van der Waals surface area contributed by atoms with Crippen molar-refractivity contribution in [1.82, 2.24) is 31.1 Å². The third kappa shape index (κ3) is 10.3. The summed E-state index contributed by atoms with van der Waals surface area (Å²) < 4.78 is 5.43. The number of hydrogen-bond donors (Lipinski definition) is 4. The number of nitrogens with zero attached hydrogens (tertiary/aromatic N) is 2. The predicted molar refractivity (Wildman–Crippen MR) is 192 cm³/mol. The Kier molecular flexibility index (Phi) is 13.1. The van der Waals surface area contributed by atoms with Crippen LogP contribution in [0.1, 0.15) is 93.2 Å². The van der Waals surface area contributed by atoms with Gasteiger partial charge in [-0.25, -0.2) is 4.79 Å². The molecule has 1 unspecified atom stereocenters. The number of nitrogens with one attached hydrogen (secondary N) is 4. The summed E-state index contributed by atoms with van der Waals surface area (Å²) >= 11 is 1.37. The third-order valence-corrected chi connectivity index (χ3v) is 10.2. The molecule has 2 aliphatic rings. The lowest BCUT2D eigenvalue weighted by Crippen LogP contribution is -2.60. The Bertz CT molecular complexity index is 1480. The van der Waals surface area contributed by atoms with Gasteiger partial charge in [0, 0.05) is 20.6 Å². The number of thiophene rings is 1. The molecular formula is C36H56N6O8S. The molecule has 1 aromatic heterocycles. The second-order valence-electron chi connectivity index (χ2n) is 16.4. The van der Waals surface area contributed by atoms with E-state index in [4.69, 9.17) is 4.74 Å². The topological polar surface area (TPSA) is 183 Å². The van der Waals surface area contributed by atoms with Crippen LogP contribution in [0.3, 0.4) is 0 Å². The standard InChI is InChI=1S/C36H56N6O8S/c1-12-13-14-22(27(44)30(46)37-17-23(43)39-25(31(47)41(10)11)20-15-16-51-19-20)38-29(45)26-24-21(36(24,8)9)18-42(26)32(48)28(34(2,3)4)40-33(49)50-35(5,6)7/h15-16,19,21-22,24-26,28H,12-14,17-18H2,1-11H3,(H,37,46)(H,38,45)(H,39,43)(H,40,49)/t21-,22?,24-,25+,26+,28-/m1/s1. The SMILES string of the molecule is CCCCC(NC(=O)[C@@H]1[C@H]2[C@@H](CN1C(=O)[C@@H](NC(=O)OC(C)(C)C)C(C)(C)C)C2(C)C)C(=O)C(=O)NCC(=O)N[C@H](C(=O)N(C)C)c1ccsc1. The maximum atomic E-state index is 14.1. The highest BCUT2D eigenvalue weighted by atomic mass is 32.1. The van der Waals surface area contributed by atoms with Crippen molar-refractivity contribution in [3.05, 3.63) is 22.4 Å². The van der Waals surface area contributed by atoms with Crippen LogP contribution in [0.2, 0.25) is 0 Å². The number of rotatable bonds is 14. The number of hydrogen-bond acceptors (Lipinski definition) is 9. The van der Waals surface area contributed by atoms with E-state index < -0.39 is 77.2 Å². The largest absolute Gasteiger partial charge is 0.444 e. The van der Waals surface area contributed by atoms with Gasteiger partial charge < -0.3 is 35.8 Å². The number of carbonyl (C=O) groups is 7. The van der Waals surface area contributed by atoms with Crippen LogP contribution in [0.5, 0.6) is 0 Å². The molecule has 0 spiro atoms. The summed E-state index contributed by atoms with van der Waals surface area (Å²) in [4.78, 5) is 95.9. The number of ketones is 1. The molecule has 15 heteroatoms. The molecule has 1 aliphatic heterocycles. The number of carbonyl (C=O) groups excluding carboxylic acids is 7. The summed E-state index contributed by atoms with van der Waals surface area (Å²) in [5.41, 5.74) is -1.17. The number of likely N-dealkylation sites (N-methyl/N-ethyl adjacent to an activating group) is 1. The van der Waals surface area contributed by atoms with Gasteiger partial charge in [0.2, 0.25) is 29.4 Å². The summed E-state index contributed by atoms with van der Waals surface area (Å²) in [7, 11) is 3.13. The van der Waals surface area contributed by atoms with Crippen LogP contribution in [0.15, 0.2) is 16.8 Å². The summed E-state index contributed by atoms with van der Waals surface area (Å²) in [6, 6.07) is -2.40. The number of alkyl carbamates (subject to hydrolysis) is 1. The van der Waals surface area contributed by atoms with E-state index >= 15 is 0 Å². The van der Waals surface area contributed by atoms with E-state index in [1.165, 1.54) is 21.1 Å². The minimum atomic E-state index is -1.20. The highest BCUT2D eigenvalue weighted by Crippen LogP contribution is 2.65. The first kappa shape index (κ1) is 41.4. The van der Waals surface area contributed by atoms with Gasteiger partial charge in [-0.3, -0.25) is 28.8 Å². The zero-order valence-electron chi connectivity index (χ0n) is 31.8. The first-order valence-corrected chi connectivity index (χ1v) is 18.4. The highest BCUT2D eigenvalue weighted by molar-refractivity contribution is 7.08. The second kappa shape index (κ2) is 16.1. The number of likely N-dealkylation sites (tertiary alicyclic amines) is 1. The zero-order chi connectivity index (χ0) is 38.6. The third-order valence-electron chi connectivity index (χ3n) is 9.52. The molecule has 6 amide bonds. The van der Waals surface area contributed by atoms with Gasteiger partial charge in [-0.15, -0.1) is 0 Å². The van der Waals surface area contributed by atoms with Crippen molar-refractivity contribution in [2.45, 2.75) is 111 Å². The van der Waals surface area contributed by atoms with Gasteiger partial charge in [-0.2, -0.15) is 11.3 Å². The van der Waals surface area contributed by atoms with E-state index in [1.807, 2.05) is 41.5 Å². The first-order chi connectivity index (χ1) is 23.5. The van der Waals surface area contributed by atoms with E-state index in [2.05, 4.69) is 21.3 Å². The van der Waals surface area contributed by atoms with E-state index in [9.17, 15) is 33.6 Å². The number of ether oxygens (including phenoxy) is 1. The van der Waals surface area contributed by atoms with Gasteiger partial charge in [0.25, 0.3) is 5.91 Å². The van der Waals surface area contributed by atoms with Crippen LogP contribution in [-0.2, 0) is 33.5 Å². The molecule has 2 fully saturated rings. The predicted octanol–water partition coefficient (Wildman–Crippen LogP) is 2.78. The molecule has 1 aliphatic carbocycles. The molecule has 1 saturated carbocycles. The Morgan fingerprint density at radius 1 is 1.02 bits per heavy atom. The Balaban J connectivity index is 1.75. The molecule has 284 valence electrons. The number of unbranched alkanes of at least 4 members (excludes halogenated alkanes) is 1. The molecular weight excluding hydrogens is 676 g/mol. The van der Waals surface area contributed by atoms with Crippen LogP contribution >= 0.6 is 11.3 Å². The number of fused-ring (bicyclic) bond motifs is 1. The molecule has 14 nitrogen and oxygen atoms in total. The smallest absolute Gasteiger partial charge is 0.408 e. The fourth-order valence-electron chi connectivity index (χ4n) is 6.59. The van der Waals surface area contributed by atoms with Gasteiger partial charge in [0.15, 0.2) is 0 Å². The number of piperidine rings is 1. The molecule has 0 bridgehead atoms. The Labute approximate surface area is 305 Å². The highest BCUT2D eigenvalue weighted by Gasteiger charge is 2.70.